The van der Waals surface area contributed by atoms with Gasteiger partial charge in [-0.1, -0.05) is 18.7 Å². The average molecular weight is 510 g/mol. The molecule has 0 unspecified atom stereocenters. The molecule has 3 rings (SSSR count). The van der Waals surface area contributed by atoms with Crippen LogP contribution in [0.5, 0.6) is 0 Å². The van der Waals surface area contributed by atoms with Crippen LogP contribution in [0.3, 0.4) is 0 Å². The minimum atomic E-state index is -0.845. The molecule has 0 atom stereocenters. The van der Waals surface area contributed by atoms with Gasteiger partial charge in [0, 0.05) is 29.8 Å². The van der Waals surface area contributed by atoms with Crippen LogP contribution in [0.2, 0.25) is 0 Å². The van der Waals surface area contributed by atoms with Crippen molar-refractivity contribution in [3.05, 3.63) is 99.9 Å². The number of nitrogens with zero attached hydrogens (tertiary/aromatic N) is 1. The van der Waals surface area contributed by atoms with Gasteiger partial charge in [0.05, 0.1) is 5.69 Å². The predicted octanol–water partition coefficient (Wildman–Crippen LogP) is 5.01. The van der Waals surface area contributed by atoms with Crippen LogP contribution in [0.15, 0.2) is 66.0 Å². The number of ether oxygens (including phenoxy) is 1. The smallest absolute Gasteiger partial charge is 0.326 e. The molecule has 1 aromatic heterocycles. The van der Waals surface area contributed by atoms with E-state index < -0.39 is 22.8 Å². The first-order valence-electron chi connectivity index (χ1n) is 11.9. The minimum Gasteiger partial charge on any atom is -0.459 e. The second-order valence-corrected chi connectivity index (χ2v) is 10.4. The fraction of sp³-hybridized carbons (Fsp3) is 0.310. The van der Waals surface area contributed by atoms with Gasteiger partial charge in [-0.3, -0.25) is 14.2 Å². The van der Waals surface area contributed by atoms with Crippen molar-refractivity contribution < 1.29 is 18.3 Å². The van der Waals surface area contributed by atoms with Crippen LogP contribution in [-0.4, -0.2) is 28.2 Å². The Balaban J connectivity index is 1.76. The van der Waals surface area contributed by atoms with Crippen LogP contribution in [0.25, 0.3) is 11.3 Å². The first-order chi connectivity index (χ1) is 17.2. The summed E-state index contributed by atoms with van der Waals surface area (Å²) in [7, 11) is 0. The summed E-state index contributed by atoms with van der Waals surface area (Å²) in [6.45, 7) is 13.5. The molecule has 3 aromatic rings. The summed E-state index contributed by atoms with van der Waals surface area (Å²) in [5.41, 5.74) is 6.76. The molecular formula is C29H33F2N3O3. The van der Waals surface area contributed by atoms with Crippen LogP contribution in [0.4, 0.5) is 14.6 Å². The first-order valence-corrected chi connectivity index (χ1v) is 11.9. The van der Waals surface area contributed by atoms with Gasteiger partial charge in [0.15, 0.2) is 0 Å². The quantitative estimate of drug-likeness (QED) is 0.417. The Kier molecular flexibility index (Phi) is 8.03. The van der Waals surface area contributed by atoms with Crippen molar-refractivity contribution in [1.82, 2.24) is 9.88 Å². The van der Waals surface area contributed by atoms with E-state index in [1.807, 2.05) is 32.9 Å². The van der Waals surface area contributed by atoms with Crippen LogP contribution in [-0.2, 0) is 16.0 Å². The number of nitrogen functional groups attached to an aromatic ring is 1. The van der Waals surface area contributed by atoms with Gasteiger partial charge in [-0.25, -0.2) is 8.78 Å². The largest absolute Gasteiger partial charge is 0.459 e. The monoisotopic (exact) mass is 509 g/mol. The second kappa shape index (κ2) is 10.7. The maximum atomic E-state index is 14.3. The van der Waals surface area contributed by atoms with E-state index in [9.17, 15) is 18.4 Å². The van der Waals surface area contributed by atoms with E-state index >= 15 is 0 Å². The number of carbonyl (C=O) groups is 1. The van der Waals surface area contributed by atoms with E-state index in [0.717, 1.165) is 17.7 Å². The van der Waals surface area contributed by atoms with Crippen molar-refractivity contribution in [3.63, 3.8) is 0 Å². The number of benzene rings is 2. The van der Waals surface area contributed by atoms with Crippen LogP contribution >= 0.6 is 0 Å². The number of carbonyl (C=O) groups excluding carboxylic acids is 1. The summed E-state index contributed by atoms with van der Waals surface area (Å²) in [5, 5.41) is 3.22. The zero-order chi connectivity index (χ0) is 27.5. The number of hydrogen-bond donors (Lipinski definition) is 2. The highest BCUT2D eigenvalue weighted by Gasteiger charge is 2.31. The Bertz CT molecular complexity index is 1370. The third kappa shape index (κ3) is 6.71. The molecule has 0 aliphatic rings. The Labute approximate surface area is 215 Å². The number of esters is 1. The third-order valence-electron chi connectivity index (χ3n) is 5.80. The molecule has 3 N–H and O–H groups in total. The SMILES string of the molecule is C=C(c1ccc(F)cc1F)c1ccc(=O)n(-c2ccc(CCNC(C)(C)C(=O)OC(C)(C)C)cc2)c1N. The van der Waals surface area contributed by atoms with Gasteiger partial charge in [-0.2, -0.15) is 0 Å². The Morgan fingerprint density at radius 3 is 2.22 bits per heavy atom. The number of pyridine rings is 1. The molecule has 0 radical (unpaired) electrons. The predicted molar refractivity (Wildman–Crippen MR) is 143 cm³/mol. The van der Waals surface area contributed by atoms with Crippen LogP contribution in [0.1, 0.15) is 51.3 Å². The Morgan fingerprint density at radius 2 is 1.62 bits per heavy atom. The van der Waals surface area contributed by atoms with Crippen molar-refractivity contribution in [3.8, 4) is 5.69 Å². The van der Waals surface area contributed by atoms with Crippen molar-refractivity contribution >= 4 is 17.4 Å². The number of halogens is 2. The van der Waals surface area contributed by atoms with Crippen LogP contribution < -0.4 is 16.6 Å². The summed E-state index contributed by atoms with van der Waals surface area (Å²) in [6, 6.07) is 13.3. The molecule has 0 saturated carbocycles. The van der Waals surface area contributed by atoms with Crippen molar-refractivity contribution in [2.24, 2.45) is 0 Å². The molecule has 6 nitrogen and oxygen atoms in total. The van der Waals surface area contributed by atoms with Gasteiger partial charge in [0.1, 0.15) is 28.6 Å². The zero-order valence-electron chi connectivity index (χ0n) is 21.8. The topological polar surface area (TPSA) is 86.3 Å². The third-order valence-corrected chi connectivity index (χ3v) is 5.80. The molecule has 0 aliphatic heterocycles. The van der Waals surface area contributed by atoms with Gasteiger partial charge < -0.3 is 15.8 Å². The summed E-state index contributed by atoms with van der Waals surface area (Å²) < 4.78 is 34.4. The molecule has 1 heterocycles. The highest BCUT2D eigenvalue weighted by molar-refractivity contribution is 5.83. The van der Waals surface area contributed by atoms with Gasteiger partial charge in [-0.15, -0.1) is 0 Å². The maximum absolute atomic E-state index is 14.3. The highest BCUT2D eigenvalue weighted by atomic mass is 19.1. The van der Waals surface area contributed by atoms with Crippen molar-refractivity contribution in [2.75, 3.05) is 12.3 Å². The zero-order valence-corrected chi connectivity index (χ0v) is 21.8. The summed E-state index contributed by atoms with van der Waals surface area (Å²) >= 11 is 0. The number of nitrogens with two attached hydrogens (primary N) is 1. The fourth-order valence-electron chi connectivity index (χ4n) is 3.76. The molecule has 0 aliphatic carbocycles. The van der Waals surface area contributed by atoms with E-state index in [1.165, 1.54) is 22.8 Å². The normalized spacial score (nSPS) is 11.9. The maximum Gasteiger partial charge on any atom is 0.326 e. The standard InChI is InChI=1S/C29H33F2N3O3/c1-18(22-12-9-20(30)17-24(22)31)23-13-14-25(35)34(26(23)32)21-10-7-19(8-11-21)15-16-33-29(5,6)27(36)37-28(2,3)4/h7-14,17,33H,1,15-16,32H2,2-6H3. The van der Waals surface area contributed by atoms with Crippen LogP contribution in [0, 0.1) is 11.6 Å². The van der Waals surface area contributed by atoms with Gasteiger partial charge >= 0.3 is 5.97 Å². The molecular weight excluding hydrogens is 476 g/mol. The Morgan fingerprint density at radius 1 is 1.00 bits per heavy atom. The number of rotatable bonds is 8. The lowest BCUT2D eigenvalue weighted by atomic mass is 9.99. The molecule has 0 fully saturated rings. The lowest BCUT2D eigenvalue weighted by Crippen LogP contribution is -2.50. The number of hydrogen-bond acceptors (Lipinski definition) is 5. The van der Waals surface area contributed by atoms with E-state index in [1.54, 1.807) is 26.0 Å². The van der Waals surface area contributed by atoms with E-state index in [-0.39, 0.29) is 28.5 Å². The minimum absolute atomic E-state index is 0.0924. The lowest BCUT2D eigenvalue weighted by molar-refractivity contribution is -0.161. The highest BCUT2D eigenvalue weighted by Crippen LogP contribution is 2.29. The van der Waals surface area contributed by atoms with Crippen molar-refractivity contribution in [2.45, 2.75) is 52.2 Å². The van der Waals surface area contributed by atoms with Gasteiger partial charge in [0.2, 0.25) is 0 Å². The summed E-state index contributed by atoms with van der Waals surface area (Å²) in [4.78, 5) is 25.1. The lowest BCUT2D eigenvalue weighted by Gasteiger charge is -2.29. The van der Waals surface area contributed by atoms with Gasteiger partial charge in [0.25, 0.3) is 5.56 Å². The van der Waals surface area contributed by atoms with Crippen molar-refractivity contribution in [1.29, 1.82) is 0 Å². The molecule has 0 amide bonds. The molecule has 196 valence electrons. The fourth-order valence-corrected chi connectivity index (χ4v) is 3.76. The molecule has 0 saturated heterocycles. The Hall–Kier alpha value is -3.78. The van der Waals surface area contributed by atoms with E-state index in [2.05, 4.69) is 11.9 Å². The molecule has 0 bridgehead atoms. The first kappa shape index (κ1) is 27.8. The number of aromatic nitrogens is 1. The summed E-state index contributed by atoms with van der Waals surface area (Å²) in [5.74, 6) is -1.70. The second-order valence-electron chi connectivity index (χ2n) is 10.4. The molecule has 8 heteroatoms. The summed E-state index contributed by atoms with van der Waals surface area (Å²) in [6.07, 6.45) is 0.636. The number of nitrogens with one attached hydrogen (secondary N) is 1. The molecule has 37 heavy (non-hydrogen) atoms. The van der Waals surface area contributed by atoms with Gasteiger partial charge in [-0.05, 0) is 82.5 Å². The van der Waals surface area contributed by atoms with E-state index in [4.69, 9.17) is 10.5 Å². The molecule has 0 spiro atoms. The average Bonchev–Trinajstić information content (AvgIpc) is 2.78. The number of anilines is 1. The van der Waals surface area contributed by atoms with E-state index in [0.29, 0.717) is 24.2 Å². The molecule has 2 aromatic carbocycles.